The first-order valence-electron chi connectivity index (χ1n) is 8.14. The molecule has 0 aliphatic rings. The number of nitro groups is 1. The molecule has 0 saturated carbocycles. The predicted octanol–water partition coefficient (Wildman–Crippen LogP) is 4.12. The van der Waals surface area contributed by atoms with E-state index in [-0.39, 0.29) is 35.9 Å². The number of nitrogens with zero attached hydrogens (tertiary/aromatic N) is 4. The maximum Gasteiger partial charge on any atom is 0.346 e. The smallest absolute Gasteiger partial charge is 0.346 e. The minimum absolute atomic E-state index is 0.0832. The van der Waals surface area contributed by atoms with Gasteiger partial charge in [0.15, 0.2) is 0 Å². The topological polar surface area (TPSA) is 80.8 Å². The van der Waals surface area contributed by atoms with Gasteiger partial charge in [0.1, 0.15) is 12.3 Å². The third-order valence-corrected chi connectivity index (χ3v) is 7.22. The van der Waals surface area contributed by atoms with E-state index in [4.69, 9.17) is 50.9 Å². The van der Waals surface area contributed by atoms with Crippen LogP contribution in [0.3, 0.4) is 0 Å². The van der Waals surface area contributed by atoms with Gasteiger partial charge in [-0.2, -0.15) is 0 Å². The molecular weight excluding hydrogens is 461 g/mol. The lowest BCUT2D eigenvalue weighted by molar-refractivity contribution is -0.391. The Hall–Kier alpha value is -0.0500. The van der Waals surface area contributed by atoms with Crippen LogP contribution in [0.2, 0.25) is 0 Å². The van der Waals surface area contributed by atoms with Gasteiger partial charge in [-0.1, -0.05) is 0 Å². The zero-order valence-corrected chi connectivity index (χ0v) is 18.8. The van der Waals surface area contributed by atoms with Crippen LogP contribution in [0.5, 0.6) is 0 Å². The maximum absolute atomic E-state index is 13.9. The number of aromatic nitrogens is 1. The summed E-state index contributed by atoms with van der Waals surface area (Å²) < 4.78 is 24.3. The van der Waals surface area contributed by atoms with Crippen LogP contribution >= 0.6 is 54.1 Å². The normalized spacial score (nSPS) is 12.3. The molecule has 0 atom stereocenters. The Kier molecular flexibility index (Phi) is 11.6. The van der Waals surface area contributed by atoms with Crippen LogP contribution in [0.1, 0.15) is 5.69 Å². The predicted molar refractivity (Wildman–Crippen MR) is 110 cm³/mol. The first kappa shape index (κ1) is 25.0. The highest BCUT2D eigenvalue weighted by atomic mass is 35.5. The monoisotopic (exact) mass is 482 g/mol. The Morgan fingerprint density at radius 1 is 1.04 bits per heavy atom. The zero-order chi connectivity index (χ0) is 20.4. The quantitative estimate of drug-likeness (QED) is 0.171. The van der Waals surface area contributed by atoms with E-state index in [1.807, 2.05) is 0 Å². The first-order chi connectivity index (χ1) is 12.8. The van der Waals surface area contributed by atoms with Crippen LogP contribution in [0.15, 0.2) is 12.1 Å². The summed E-state index contributed by atoms with van der Waals surface area (Å²) in [7, 11) is -2.01. The summed E-state index contributed by atoms with van der Waals surface area (Å²) >= 11 is 23.5. The lowest BCUT2D eigenvalue weighted by atomic mass is 10.5. The molecule has 0 bridgehead atoms. The van der Waals surface area contributed by atoms with Crippen molar-refractivity contribution in [1.29, 1.82) is 0 Å². The second kappa shape index (κ2) is 12.5. The fourth-order valence-corrected chi connectivity index (χ4v) is 6.16. The third-order valence-electron chi connectivity index (χ3n) is 3.85. The molecule has 0 saturated heterocycles. The van der Waals surface area contributed by atoms with Crippen LogP contribution in [0, 0.1) is 10.1 Å². The minimum Gasteiger partial charge on any atom is -0.358 e. The molecule has 1 aromatic heterocycles. The van der Waals surface area contributed by atoms with Crippen LogP contribution in [0.25, 0.3) is 0 Å². The van der Waals surface area contributed by atoms with Crippen molar-refractivity contribution in [3.63, 3.8) is 0 Å². The van der Waals surface area contributed by atoms with E-state index in [1.165, 1.54) is 10.6 Å². The van der Waals surface area contributed by atoms with Crippen molar-refractivity contribution in [2.24, 2.45) is 7.05 Å². The molecule has 13 heteroatoms. The number of rotatable bonds is 14. The van der Waals surface area contributed by atoms with Crippen LogP contribution < -0.4 is 0 Å². The Morgan fingerprint density at radius 3 is 1.81 bits per heavy atom. The molecule has 0 amide bonds. The molecule has 0 N–H and O–H groups in total. The summed E-state index contributed by atoms with van der Waals surface area (Å²) in [5, 5.41) is 11.0. The van der Waals surface area contributed by atoms with Gasteiger partial charge in [0.05, 0.1) is 7.05 Å². The average Bonchev–Trinajstić information content (AvgIpc) is 3.00. The van der Waals surface area contributed by atoms with Crippen molar-refractivity contribution in [2.45, 2.75) is 6.61 Å². The Bertz CT molecular complexity index is 617. The molecule has 27 heavy (non-hydrogen) atoms. The van der Waals surface area contributed by atoms with E-state index in [2.05, 4.69) is 0 Å². The third kappa shape index (κ3) is 6.75. The van der Waals surface area contributed by atoms with Gasteiger partial charge in [-0.15, -0.1) is 46.4 Å². The van der Waals surface area contributed by atoms with Crippen LogP contribution in [-0.4, -0.2) is 68.5 Å². The van der Waals surface area contributed by atoms with Gasteiger partial charge in [0.25, 0.3) is 0 Å². The second-order valence-corrected chi connectivity index (χ2v) is 9.31. The van der Waals surface area contributed by atoms with Gasteiger partial charge in [0.2, 0.25) is 0 Å². The number of halogens is 4. The van der Waals surface area contributed by atoms with Gasteiger partial charge in [-0.25, -0.2) is 13.9 Å². The second-order valence-electron chi connectivity index (χ2n) is 5.43. The maximum atomic E-state index is 13.9. The van der Waals surface area contributed by atoms with Crippen molar-refractivity contribution in [1.82, 2.24) is 13.9 Å². The van der Waals surface area contributed by atoms with E-state index >= 15 is 0 Å². The van der Waals surface area contributed by atoms with Gasteiger partial charge in [-0.3, -0.25) is 9.09 Å². The van der Waals surface area contributed by atoms with Crippen molar-refractivity contribution in [2.75, 3.05) is 49.7 Å². The fourth-order valence-electron chi connectivity index (χ4n) is 2.48. The molecule has 0 aromatic carbocycles. The van der Waals surface area contributed by atoms with Gasteiger partial charge in [-0.05, 0) is 11.0 Å². The van der Waals surface area contributed by atoms with Crippen molar-refractivity contribution in [3.8, 4) is 0 Å². The van der Waals surface area contributed by atoms with Crippen molar-refractivity contribution >= 4 is 59.9 Å². The highest BCUT2D eigenvalue weighted by Gasteiger charge is 2.38. The highest BCUT2D eigenvalue weighted by Crippen LogP contribution is 2.54. The molecule has 1 aromatic rings. The zero-order valence-electron chi connectivity index (χ0n) is 14.9. The van der Waals surface area contributed by atoms with Crippen molar-refractivity contribution < 1.29 is 14.0 Å². The van der Waals surface area contributed by atoms with E-state index in [0.29, 0.717) is 31.9 Å². The molecule has 0 unspecified atom stereocenters. The number of alkyl halides is 4. The average molecular weight is 484 g/mol. The van der Waals surface area contributed by atoms with Gasteiger partial charge >= 0.3 is 13.5 Å². The standard InChI is InChI=1S/C14H23Cl4N4O4P/c1-19-13(2-3-14(19)22(23)24)12-26-27(25,20(8-4-15)9-5-16)21(10-6-17)11-7-18/h2-3H,4-12H2,1H3. The summed E-state index contributed by atoms with van der Waals surface area (Å²) in [6, 6.07) is 2.93. The van der Waals surface area contributed by atoms with Gasteiger partial charge in [0, 0.05) is 55.8 Å². The fraction of sp³-hybridized carbons (Fsp3) is 0.714. The number of hydrogen-bond donors (Lipinski definition) is 0. The molecule has 0 fully saturated rings. The molecule has 1 heterocycles. The minimum atomic E-state index is -3.56. The van der Waals surface area contributed by atoms with E-state index in [9.17, 15) is 14.7 Å². The molecule has 0 aliphatic carbocycles. The van der Waals surface area contributed by atoms with E-state index in [1.54, 1.807) is 22.5 Å². The summed E-state index contributed by atoms with van der Waals surface area (Å²) in [6.07, 6.45) is 0. The molecule has 8 nitrogen and oxygen atoms in total. The summed E-state index contributed by atoms with van der Waals surface area (Å²) in [5.41, 5.74) is 0.510. The molecule has 0 aliphatic heterocycles. The Labute approximate surface area is 178 Å². The molecule has 156 valence electrons. The Balaban J connectivity index is 3.16. The van der Waals surface area contributed by atoms with E-state index < -0.39 is 12.6 Å². The lowest BCUT2D eigenvalue weighted by Gasteiger charge is -2.37. The van der Waals surface area contributed by atoms with Crippen molar-refractivity contribution in [3.05, 3.63) is 27.9 Å². The highest BCUT2D eigenvalue weighted by molar-refractivity contribution is 7.54. The van der Waals surface area contributed by atoms with E-state index in [0.717, 1.165) is 0 Å². The van der Waals surface area contributed by atoms with Crippen LogP contribution in [0.4, 0.5) is 5.82 Å². The van der Waals surface area contributed by atoms with Crippen LogP contribution in [-0.2, 0) is 22.7 Å². The molecular formula is C14H23Cl4N4O4P. The SMILES string of the molecule is Cn1c(COP(=O)(N(CCCl)CCCl)N(CCCl)CCCl)ccc1[N+](=O)[O-]. The molecule has 1 rings (SSSR count). The number of hydrogen-bond acceptors (Lipinski definition) is 4. The molecule has 0 spiro atoms. The van der Waals surface area contributed by atoms with Gasteiger partial charge < -0.3 is 10.1 Å². The lowest BCUT2D eigenvalue weighted by Crippen LogP contribution is -2.37. The summed E-state index contributed by atoms with van der Waals surface area (Å²) in [5.74, 6) is 0.843. The summed E-state index contributed by atoms with van der Waals surface area (Å²) in [4.78, 5) is 10.5. The summed E-state index contributed by atoms with van der Waals surface area (Å²) in [6.45, 7) is 1.07. The first-order valence-corrected chi connectivity index (χ1v) is 11.8. The Morgan fingerprint density at radius 2 is 1.48 bits per heavy atom. The largest absolute Gasteiger partial charge is 0.358 e. The molecule has 0 radical (unpaired) electrons.